The Morgan fingerprint density at radius 2 is 0.654 bits per heavy atom. The Hall–Kier alpha value is -3.55. The van der Waals surface area contributed by atoms with Gasteiger partial charge in [0.1, 0.15) is 73.2 Å². The summed E-state index contributed by atoms with van der Waals surface area (Å²) in [6.45, 7) is 1.63. The molecule has 19 nitrogen and oxygen atoms in total. The Labute approximate surface area is 646 Å². The van der Waals surface area contributed by atoms with Gasteiger partial charge in [0.15, 0.2) is 18.9 Å². The molecule has 107 heavy (non-hydrogen) atoms. The highest BCUT2D eigenvalue weighted by Gasteiger charge is 2.54. The van der Waals surface area contributed by atoms with Crippen molar-refractivity contribution in [2.24, 2.45) is 0 Å². The number of ether oxygens (including phenoxy) is 6. The second-order valence-corrected chi connectivity index (χ2v) is 29.9. The first kappa shape index (κ1) is 97.6. The minimum Gasteiger partial charge on any atom is -0.394 e. The maximum atomic E-state index is 13.5. The van der Waals surface area contributed by atoms with Crippen LogP contribution in [0.5, 0.6) is 0 Å². The molecule has 0 aromatic carbocycles. The van der Waals surface area contributed by atoms with Crippen LogP contribution in [0.15, 0.2) is 109 Å². The fourth-order valence-corrected chi connectivity index (χ4v) is 13.8. The minimum atomic E-state index is -1.99. The molecule has 0 saturated carbocycles. The average Bonchev–Trinajstić information content (AvgIpc) is 0.781. The van der Waals surface area contributed by atoms with E-state index in [0.29, 0.717) is 12.8 Å². The van der Waals surface area contributed by atoms with Gasteiger partial charge in [-0.3, -0.25) is 4.79 Å². The van der Waals surface area contributed by atoms with Gasteiger partial charge in [-0.05, 0) is 89.9 Å². The van der Waals surface area contributed by atoms with Gasteiger partial charge in [-0.2, -0.15) is 0 Å². The van der Waals surface area contributed by atoms with Crippen LogP contribution >= 0.6 is 0 Å². The number of amides is 1. The number of nitrogens with one attached hydrogen (secondary N) is 1. The molecule has 3 saturated heterocycles. The van der Waals surface area contributed by atoms with E-state index >= 15 is 0 Å². The van der Waals surface area contributed by atoms with Gasteiger partial charge >= 0.3 is 0 Å². The molecule has 3 fully saturated rings. The Bertz CT molecular complexity index is 2360. The lowest BCUT2D eigenvalue weighted by Gasteiger charge is -2.48. The van der Waals surface area contributed by atoms with E-state index in [2.05, 4.69) is 116 Å². The highest BCUT2D eigenvalue weighted by atomic mass is 16.8. The molecule has 3 rings (SSSR count). The van der Waals surface area contributed by atoms with Crippen LogP contribution in [0.25, 0.3) is 0 Å². The zero-order valence-electron chi connectivity index (χ0n) is 66.3. The summed E-state index contributed by atoms with van der Waals surface area (Å²) >= 11 is 0. The van der Waals surface area contributed by atoms with Crippen molar-refractivity contribution in [1.29, 1.82) is 0 Å². The monoisotopic (exact) mass is 1510 g/mol. The maximum Gasteiger partial charge on any atom is 0.220 e. The molecule has 3 aliphatic heterocycles. The van der Waals surface area contributed by atoms with Gasteiger partial charge in [0, 0.05) is 6.42 Å². The van der Waals surface area contributed by atoms with Gasteiger partial charge in [-0.15, -0.1) is 0 Å². The Kier molecular flexibility index (Phi) is 61.1. The number of rotatable bonds is 67. The van der Waals surface area contributed by atoms with E-state index in [1.807, 2.05) is 6.08 Å². The fourth-order valence-electron chi connectivity index (χ4n) is 13.8. The molecule has 3 heterocycles. The van der Waals surface area contributed by atoms with Crippen LogP contribution in [0.3, 0.4) is 0 Å². The predicted octanol–water partition coefficient (Wildman–Crippen LogP) is 15.3. The molecule has 0 aromatic heterocycles. The quantitative estimate of drug-likeness (QED) is 0.0199. The second kappa shape index (κ2) is 67.0. The topological polar surface area (TPSA) is 307 Å². The number of hydrogen-bond donors (Lipinski definition) is 12. The van der Waals surface area contributed by atoms with Crippen LogP contribution in [0, 0.1) is 0 Å². The molecule has 0 radical (unpaired) electrons. The summed E-state index contributed by atoms with van der Waals surface area (Å²) in [4.78, 5) is 13.5. The van der Waals surface area contributed by atoms with Crippen LogP contribution in [-0.2, 0) is 33.2 Å². The summed E-state index contributed by atoms with van der Waals surface area (Å²) in [6.07, 6.45) is 66.5. The first-order chi connectivity index (χ1) is 52.3. The number of aliphatic hydroxyl groups is 11. The molecule has 0 aliphatic carbocycles. The minimum absolute atomic E-state index is 0.228. The van der Waals surface area contributed by atoms with Crippen molar-refractivity contribution in [3.63, 3.8) is 0 Å². The fraction of sp³-hybridized carbons (Fsp3) is 0.784. The van der Waals surface area contributed by atoms with Crippen LogP contribution in [0.4, 0.5) is 0 Å². The van der Waals surface area contributed by atoms with E-state index < -0.39 is 124 Å². The smallest absolute Gasteiger partial charge is 0.220 e. The van der Waals surface area contributed by atoms with Crippen LogP contribution in [0.1, 0.15) is 309 Å². The molecule has 3 aliphatic rings. The van der Waals surface area contributed by atoms with Crippen molar-refractivity contribution in [1.82, 2.24) is 5.32 Å². The normalized spacial score (nSPS) is 26.1. The average molecular weight is 1510 g/mol. The van der Waals surface area contributed by atoms with Gasteiger partial charge < -0.3 is 89.9 Å². The standard InChI is InChI=1S/C88H153NO18/c1-3-5-7-9-11-13-15-17-19-21-23-25-27-29-31-32-33-34-35-36-37-38-40-42-44-46-48-50-52-54-56-58-60-62-64-66-76(94)89-71(72(93)65-63-61-59-57-55-53-51-49-47-45-43-41-39-30-28-26-24-22-20-18-16-14-12-10-8-6-4-2)70-102-86-82(100)79(97)84(74(68-91)104-86)107-88-83(101)80(98)85(75(69-92)105-88)106-87-81(99)78(96)77(95)73(67-90)103-87/h5,7,11,13,17,19,23,25,29,31,33-34,36-37,55,57,63,65,71-75,77-88,90-93,95-101H,3-4,6,8-10,12,14-16,18,20-22,24,26-28,30,32,35,38-54,56,58-62,64,66-70H2,1-2H3,(H,89,94)/b7-5-,13-11-,19-17-,25-23-,31-29-,34-33-,37-36-,57-55+,65-63+. The molecule has 618 valence electrons. The SMILES string of the molecule is CC/C=C\C/C=C\C/C=C\C/C=C\C/C=C\C/C=C\C/C=C\CCCCCCCCCCCCCCCC(=O)NC(COC1OC(CO)C(OC2OC(CO)C(OC3OC(CO)C(O)C(O)C3O)C(O)C2O)C(O)C1O)C(O)/C=C/CC/C=C/CCCCCCCCCCCCCCCCCCCCCCC. The molecular formula is C88H153NO18. The number of hydrogen-bond acceptors (Lipinski definition) is 18. The first-order valence-electron chi connectivity index (χ1n) is 42.6. The van der Waals surface area contributed by atoms with Crippen molar-refractivity contribution in [3.05, 3.63) is 109 Å². The molecular weight excluding hydrogens is 1360 g/mol. The molecule has 0 bridgehead atoms. The zero-order valence-corrected chi connectivity index (χ0v) is 66.3. The van der Waals surface area contributed by atoms with Gasteiger partial charge in [0.25, 0.3) is 0 Å². The van der Waals surface area contributed by atoms with Crippen LogP contribution in [-0.4, -0.2) is 193 Å². The summed E-state index contributed by atoms with van der Waals surface area (Å²) in [5.41, 5.74) is 0. The van der Waals surface area contributed by atoms with Crippen molar-refractivity contribution < 1.29 is 89.4 Å². The van der Waals surface area contributed by atoms with E-state index in [1.165, 1.54) is 180 Å². The third kappa shape index (κ3) is 46.3. The third-order valence-corrected chi connectivity index (χ3v) is 20.6. The van der Waals surface area contributed by atoms with Gasteiger partial charge in [0.05, 0.1) is 38.6 Å². The number of carbonyl (C=O) groups excluding carboxylic acids is 1. The lowest BCUT2D eigenvalue weighted by Crippen LogP contribution is -2.66. The lowest BCUT2D eigenvalue weighted by molar-refractivity contribution is -0.379. The molecule has 12 N–H and O–H groups in total. The Morgan fingerprint density at radius 3 is 1.05 bits per heavy atom. The summed E-state index contributed by atoms with van der Waals surface area (Å²) in [5, 5.41) is 121. The Morgan fingerprint density at radius 1 is 0.346 bits per heavy atom. The third-order valence-electron chi connectivity index (χ3n) is 20.6. The van der Waals surface area contributed by atoms with Crippen molar-refractivity contribution >= 4 is 5.91 Å². The van der Waals surface area contributed by atoms with E-state index in [0.717, 1.165) is 96.3 Å². The predicted molar refractivity (Wildman–Crippen MR) is 429 cm³/mol. The number of unbranched alkanes of at least 4 members (excludes halogenated alkanes) is 35. The van der Waals surface area contributed by atoms with Crippen molar-refractivity contribution in [2.45, 2.75) is 413 Å². The van der Waals surface area contributed by atoms with E-state index in [9.17, 15) is 61.0 Å². The van der Waals surface area contributed by atoms with Crippen molar-refractivity contribution in [2.75, 3.05) is 26.4 Å². The molecule has 17 atom stereocenters. The summed E-state index contributed by atoms with van der Waals surface area (Å²) in [5.74, 6) is -0.287. The van der Waals surface area contributed by atoms with E-state index in [-0.39, 0.29) is 18.9 Å². The summed E-state index contributed by atoms with van der Waals surface area (Å²) in [7, 11) is 0. The molecule has 19 heteroatoms. The van der Waals surface area contributed by atoms with Crippen molar-refractivity contribution in [3.8, 4) is 0 Å². The van der Waals surface area contributed by atoms with Crippen LogP contribution in [0.2, 0.25) is 0 Å². The van der Waals surface area contributed by atoms with Crippen LogP contribution < -0.4 is 5.32 Å². The zero-order chi connectivity index (χ0) is 77.4. The number of carbonyl (C=O) groups is 1. The molecule has 0 aromatic rings. The van der Waals surface area contributed by atoms with E-state index in [1.54, 1.807) is 6.08 Å². The summed E-state index contributed by atoms with van der Waals surface area (Å²) < 4.78 is 34.5. The summed E-state index contributed by atoms with van der Waals surface area (Å²) in [6, 6.07) is -0.999. The van der Waals surface area contributed by atoms with Gasteiger partial charge in [-0.1, -0.05) is 322 Å². The van der Waals surface area contributed by atoms with Gasteiger partial charge in [0.2, 0.25) is 5.91 Å². The molecule has 0 spiro atoms. The first-order valence-corrected chi connectivity index (χ1v) is 42.6. The van der Waals surface area contributed by atoms with Gasteiger partial charge in [-0.25, -0.2) is 0 Å². The number of aliphatic hydroxyl groups excluding tert-OH is 11. The van der Waals surface area contributed by atoms with E-state index in [4.69, 9.17) is 28.4 Å². The molecule has 17 unspecified atom stereocenters. The largest absolute Gasteiger partial charge is 0.394 e. The molecule has 1 amide bonds. The maximum absolute atomic E-state index is 13.5. The highest BCUT2D eigenvalue weighted by molar-refractivity contribution is 5.76. The lowest BCUT2D eigenvalue weighted by atomic mass is 9.96. The highest BCUT2D eigenvalue weighted by Crippen LogP contribution is 2.33. The number of allylic oxidation sites excluding steroid dienone is 17. The Balaban J connectivity index is 1.36. The second-order valence-electron chi connectivity index (χ2n) is 29.9.